The third-order valence-electron chi connectivity index (χ3n) is 2.64. The average Bonchev–Trinajstić information content (AvgIpc) is 2.11. The molecule has 1 fully saturated rings. The lowest BCUT2D eigenvalue weighted by atomic mass is 9.63. The van der Waals surface area contributed by atoms with Crippen molar-refractivity contribution in [3.8, 4) is 0 Å². The van der Waals surface area contributed by atoms with Crippen LogP contribution in [0.25, 0.3) is 0 Å². The summed E-state index contributed by atoms with van der Waals surface area (Å²) < 4.78 is 5.16. The van der Waals surface area contributed by atoms with E-state index in [1.807, 2.05) is 6.92 Å². The minimum Gasteiger partial charge on any atom is -0.427 e. The molecule has 0 amide bonds. The summed E-state index contributed by atoms with van der Waals surface area (Å²) in [6, 6.07) is 0. The van der Waals surface area contributed by atoms with Gasteiger partial charge in [-0.25, -0.2) is 0 Å². The molecular weight excluding hydrogens is 139 g/mol. The first-order valence-electron chi connectivity index (χ1n) is 4.22. The van der Waals surface area contributed by atoms with Gasteiger partial charge in [-0.15, -0.1) is 0 Å². The molecule has 2 atom stereocenters. The van der Waals surface area contributed by atoms with Crippen LogP contribution >= 0.6 is 0 Å². The van der Waals surface area contributed by atoms with Gasteiger partial charge >= 0.3 is 7.12 Å². The van der Waals surface area contributed by atoms with E-state index in [2.05, 4.69) is 20.8 Å². The summed E-state index contributed by atoms with van der Waals surface area (Å²) in [6.07, 6.45) is 0. The maximum Gasteiger partial charge on any atom is 0.457 e. The zero-order valence-electron chi connectivity index (χ0n) is 7.79. The van der Waals surface area contributed by atoms with Crippen LogP contribution in [0.2, 0.25) is 5.82 Å². The topological polar surface area (TPSA) is 29.5 Å². The second-order valence-electron chi connectivity index (χ2n) is 4.56. The van der Waals surface area contributed by atoms with Gasteiger partial charge in [0.15, 0.2) is 0 Å². The molecule has 1 saturated heterocycles. The van der Waals surface area contributed by atoms with Gasteiger partial charge in [0.1, 0.15) is 0 Å². The molecule has 0 aromatic carbocycles. The highest BCUT2D eigenvalue weighted by atomic mass is 16.5. The minimum absolute atomic E-state index is 0.247. The fraction of sp³-hybridized carbons (Fsp3) is 1.00. The van der Waals surface area contributed by atoms with Crippen molar-refractivity contribution in [1.29, 1.82) is 0 Å². The summed E-state index contributed by atoms with van der Waals surface area (Å²) in [5.41, 5.74) is 0.247. The Kier molecular flexibility index (Phi) is 2.31. The number of rotatable bonds is 0. The van der Waals surface area contributed by atoms with Crippen LogP contribution in [0.4, 0.5) is 0 Å². The third kappa shape index (κ3) is 1.77. The molecular formula is C8H17BO2. The van der Waals surface area contributed by atoms with Gasteiger partial charge in [0.05, 0.1) is 0 Å². The predicted molar refractivity (Wildman–Crippen MR) is 46.3 cm³/mol. The van der Waals surface area contributed by atoms with Crippen LogP contribution in [0.3, 0.4) is 0 Å². The predicted octanol–water partition coefficient (Wildman–Crippen LogP) is 1.55. The normalized spacial score (nSPS) is 33.0. The van der Waals surface area contributed by atoms with E-state index in [0.29, 0.717) is 12.5 Å². The first-order valence-corrected chi connectivity index (χ1v) is 4.22. The number of hydrogen-bond donors (Lipinski definition) is 1. The second-order valence-corrected chi connectivity index (χ2v) is 4.56. The van der Waals surface area contributed by atoms with E-state index >= 15 is 0 Å². The fourth-order valence-corrected chi connectivity index (χ4v) is 1.74. The van der Waals surface area contributed by atoms with Crippen LogP contribution in [0, 0.1) is 11.3 Å². The third-order valence-corrected chi connectivity index (χ3v) is 2.64. The highest BCUT2D eigenvalue weighted by Gasteiger charge is 2.42. The molecule has 64 valence electrons. The van der Waals surface area contributed by atoms with Crippen molar-refractivity contribution >= 4 is 7.12 Å². The summed E-state index contributed by atoms with van der Waals surface area (Å²) in [5.74, 6) is 0.757. The molecule has 0 saturated carbocycles. The summed E-state index contributed by atoms with van der Waals surface area (Å²) in [5, 5.41) is 9.31. The second kappa shape index (κ2) is 2.79. The molecule has 0 aromatic heterocycles. The molecule has 1 N–H and O–H groups in total. The first kappa shape index (κ1) is 9.08. The van der Waals surface area contributed by atoms with Crippen molar-refractivity contribution in [3.63, 3.8) is 0 Å². The van der Waals surface area contributed by atoms with Gasteiger partial charge in [-0.3, -0.25) is 0 Å². The zero-order chi connectivity index (χ0) is 8.65. The van der Waals surface area contributed by atoms with Crippen LogP contribution in [0.5, 0.6) is 0 Å². The maximum absolute atomic E-state index is 9.31. The van der Waals surface area contributed by atoms with Crippen LogP contribution in [0.15, 0.2) is 0 Å². The van der Waals surface area contributed by atoms with Gasteiger partial charge in [-0.05, 0) is 17.2 Å². The van der Waals surface area contributed by atoms with Gasteiger partial charge in [0.25, 0.3) is 0 Å². The Hall–Kier alpha value is -0.0151. The molecule has 0 bridgehead atoms. The SMILES string of the molecule is CC1B(O)OCC1C(C)(C)C. The molecule has 0 aromatic rings. The summed E-state index contributed by atoms with van der Waals surface area (Å²) in [7, 11) is -0.542. The molecule has 2 nitrogen and oxygen atoms in total. The van der Waals surface area contributed by atoms with Crippen LogP contribution in [-0.2, 0) is 4.65 Å². The van der Waals surface area contributed by atoms with E-state index in [4.69, 9.17) is 4.65 Å². The van der Waals surface area contributed by atoms with E-state index in [1.165, 1.54) is 0 Å². The van der Waals surface area contributed by atoms with Gasteiger partial charge in [0.2, 0.25) is 0 Å². The molecule has 3 heteroatoms. The monoisotopic (exact) mass is 156 g/mol. The quantitative estimate of drug-likeness (QED) is 0.539. The Morgan fingerprint density at radius 2 is 2.00 bits per heavy atom. The smallest absolute Gasteiger partial charge is 0.427 e. The largest absolute Gasteiger partial charge is 0.457 e. The molecule has 2 unspecified atom stereocenters. The van der Waals surface area contributed by atoms with Gasteiger partial charge < -0.3 is 9.68 Å². The lowest BCUT2D eigenvalue weighted by Crippen LogP contribution is -2.25. The first-order chi connectivity index (χ1) is 4.93. The fourth-order valence-electron chi connectivity index (χ4n) is 1.74. The number of hydrogen-bond acceptors (Lipinski definition) is 2. The van der Waals surface area contributed by atoms with E-state index < -0.39 is 7.12 Å². The van der Waals surface area contributed by atoms with Crippen molar-refractivity contribution < 1.29 is 9.68 Å². The van der Waals surface area contributed by atoms with E-state index in [0.717, 1.165) is 0 Å². The maximum atomic E-state index is 9.31. The highest BCUT2D eigenvalue weighted by Crippen LogP contribution is 2.40. The summed E-state index contributed by atoms with van der Waals surface area (Å²) in [6.45, 7) is 9.32. The molecule has 1 aliphatic rings. The molecule has 0 aliphatic carbocycles. The van der Waals surface area contributed by atoms with E-state index in [1.54, 1.807) is 0 Å². The Bertz CT molecular complexity index is 142. The van der Waals surface area contributed by atoms with Crippen LogP contribution in [-0.4, -0.2) is 18.7 Å². The lowest BCUT2D eigenvalue weighted by Gasteiger charge is -2.28. The zero-order valence-corrected chi connectivity index (χ0v) is 7.79. The summed E-state index contributed by atoms with van der Waals surface area (Å²) >= 11 is 0. The molecule has 11 heavy (non-hydrogen) atoms. The minimum atomic E-state index is -0.542. The van der Waals surface area contributed by atoms with Crippen LogP contribution in [0.1, 0.15) is 27.7 Å². The van der Waals surface area contributed by atoms with Crippen molar-refractivity contribution in [3.05, 3.63) is 0 Å². The van der Waals surface area contributed by atoms with Gasteiger partial charge in [-0.1, -0.05) is 27.7 Å². The van der Waals surface area contributed by atoms with Crippen molar-refractivity contribution in [2.24, 2.45) is 11.3 Å². The van der Waals surface area contributed by atoms with Gasteiger partial charge in [-0.2, -0.15) is 0 Å². The Morgan fingerprint density at radius 3 is 2.18 bits per heavy atom. The van der Waals surface area contributed by atoms with Crippen LogP contribution < -0.4 is 0 Å². The highest BCUT2D eigenvalue weighted by molar-refractivity contribution is 6.45. The Labute approximate surface area is 69.1 Å². The van der Waals surface area contributed by atoms with E-state index in [9.17, 15) is 5.02 Å². The molecule has 1 rings (SSSR count). The molecule has 1 heterocycles. The Morgan fingerprint density at radius 1 is 1.45 bits per heavy atom. The summed E-state index contributed by atoms with van der Waals surface area (Å²) in [4.78, 5) is 0. The molecule has 1 aliphatic heterocycles. The van der Waals surface area contributed by atoms with E-state index in [-0.39, 0.29) is 11.2 Å². The lowest BCUT2D eigenvalue weighted by molar-refractivity contribution is 0.183. The molecule has 0 radical (unpaired) electrons. The molecule has 0 spiro atoms. The standard InChI is InChI=1S/C8H17BO2/c1-6-7(8(2,3)4)5-11-9(6)10/h6-7,10H,5H2,1-4H3. The van der Waals surface area contributed by atoms with Gasteiger partial charge in [0, 0.05) is 6.61 Å². The Balaban J connectivity index is 2.62. The average molecular weight is 156 g/mol. The van der Waals surface area contributed by atoms with Crippen molar-refractivity contribution in [1.82, 2.24) is 0 Å². The van der Waals surface area contributed by atoms with Crippen molar-refractivity contribution in [2.75, 3.05) is 6.61 Å². The van der Waals surface area contributed by atoms with Crippen molar-refractivity contribution in [2.45, 2.75) is 33.5 Å².